The third kappa shape index (κ3) is 2.58. The summed E-state index contributed by atoms with van der Waals surface area (Å²) < 4.78 is 1.89. The minimum atomic E-state index is 0.0736. The average molecular weight is 242 g/mol. The summed E-state index contributed by atoms with van der Waals surface area (Å²) in [5, 5.41) is 8.52. The molecule has 4 heteroatoms. The van der Waals surface area contributed by atoms with Crippen molar-refractivity contribution in [3.8, 4) is 0 Å². The molecule has 1 aliphatic carbocycles. The van der Waals surface area contributed by atoms with E-state index in [9.17, 15) is 0 Å². The lowest BCUT2D eigenvalue weighted by atomic mass is 9.85. The Hall–Kier alpha value is -0.540. The largest absolute Gasteiger partial charge is 0.314 e. The van der Waals surface area contributed by atoms with Crippen molar-refractivity contribution in [2.75, 3.05) is 6.54 Å². The van der Waals surface area contributed by atoms with E-state index in [2.05, 4.69) is 24.3 Å². The molecule has 0 aliphatic heterocycles. The van der Waals surface area contributed by atoms with Gasteiger partial charge >= 0.3 is 0 Å². The summed E-state index contributed by atoms with van der Waals surface area (Å²) in [6.45, 7) is 5.51. The fraction of sp³-hybridized carbons (Fsp3) is 0.750. The second-order valence-electron chi connectivity index (χ2n) is 5.33. The number of aryl methyl sites for hydroxylation is 1. The second kappa shape index (κ2) is 4.38. The van der Waals surface area contributed by atoms with Crippen LogP contribution in [0.1, 0.15) is 38.8 Å². The summed E-state index contributed by atoms with van der Waals surface area (Å²) in [7, 11) is 1.96. The topological polar surface area (TPSA) is 29.9 Å². The molecule has 0 bridgehead atoms. The van der Waals surface area contributed by atoms with Gasteiger partial charge in [0, 0.05) is 18.5 Å². The number of nitrogens with zero attached hydrogens (tertiary/aromatic N) is 2. The fourth-order valence-electron chi connectivity index (χ4n) is 2.17. The van der Waals surface area contributed by atoms with E-state index in [-0.39, 0.29) is 5.41 Å². The molecule has 1 aromatic rings. The Kier molecular flexibility index (Phi) is 3.27. The molecular weight excluding hydrogens is 222 g/mol. The molecule has 1 fully saturated rings. The summed E-state index contributed by atoms with van der Waals surface area (Å²) in [5.74, 6) is 0. The van der Waals surface area contributed by atoms with E-state index in [0.29, 0.717) is 0 Å². The van der Waals surface area contributed by atoms with E-state index in [1.165, 1.54) is 12.8 Å². The molecule has 1 aliphatic rings. The molecule has 3 nitrogen and oxygen atoms in total. The van der Waals surface area contributed by atoms with Crippen molar-refractivity contribution >= 4 is 11.6 Å². The van der Waals surface area contributed by atoms with Gasteiger partial charge in [0.1, 0.15) is 0 Å². The van der Waals surface area contributed by atoms with Crippen LogP contribution in [0.25, 0.3) is 0 Å². The van der Waals surface area contributed by atoms with Crippen LogP contribution in [0, 0.1) is 0 Å². The van der Waals surface area contributed by atoms with Crippen LogP contribution in [0.4, 0.5) is 0 Å². The van der Waals surface area contributed by atoms with Crippen molar-refractivity contribution in [3.63, 3.8) is 0 Å². The maximum absolute atomic E-state index is 6.18. The van der Waals surface area contributed by atoms with Gasteiger partial charge in [0.15, 0.2) is 0 Å². The SMILES string of the molecule is Cn1ncc(Cl)c1C(C)(C)CCNC1CC1. The molecule has 90 valence electrons. The predicted octanol–water partition coefficient (Wildman–Crippen LogP) is 2.49. The Labute approximate surface area is 102 Å². The lowest BCUT2D eigenvalue weighted by Crippen LogP contribution is -2.28. The van der Waals surface area contributed by atoms with Gasteiger partial charge in [-0.15, -0.1) is 0 Å². The molecule has 2 rings (SSSR count). The van der Waals surface area contributed by atoms with E-state index < -0.39 is 0 Å². The number of hydrogen-bond donors (Lipinski definition) is 1. The highest BCUT2D eigenvalue weighted by molar-refractivity contribution is 6.31. The van der Waals surface area contributed by atoms with Crippen LogP contribution in [0.3, 0.4) is 0 Å². The summed E-state index contributed by atoms with van der Waals surface area (Å²) in [6.07, 6.45) is 5.50. The van der Waals surface area contributed by atoms with Gasteiger partial charge in [-0.1, -0.05) is 25.4 Å². The first-order valence-corrected chi connectivity index (χ1v) is 6.30. The Morgan fingerprint density at radius 1 is 1.56 bits per heavy atom. The van der Waals surface area contributed by atoms with E-state index in [1.807, 2.05) is 11.7 Å². The Bertz CT molecular complexity index is 347. The molecule has 0 aromatic carbocycles. The maximum Gasteiger partial charge on any atom is 0.0823 e. The Morgan fingerprint density at radius 2 is 2.25 bits per heavy atom. The van der Waals surface area contributed by atoms with Gasteiger partial charge in [0.25, 0.3) is 0 Å². The molecule has 1 aromatic heterocycles. The summed E-state index contributed by atoms with van der Waals surface area (Å²) >= 11 is 6.18. The summed E-state index contributed by atoms with van der Waals surface area (Å²) in [4.78, 5) is 0. The minimum Gasteiger partial charge on any atom is -0.314 e. The van der Waals surface area contributed by atoms with Crippen LogP contribution < -0.4 is 5.32 Å². The first-order valence-electron chi connectivity index (χ1n) is 5.92. The average Bonchev–Trinajstić information content (AvgIpc) is 2.92. The first-order chi connectivity index (χ1) is 7.50. The Balaban J connectivity index is 1.99. The molecular formula is C12H20ClN3. The lowest BCUT2D eigenvalue weighted by molar-refractivity contribution is 0.425. The standard InChI is InChI=1S/C12H20ClN3/c1-12(2,6-7-14-9-4-5-9)11-10(13)8-15-16(11)3/h8-9,14H,4-7H2,1-3H3. The van der Waals surface area contributed by atoms with Crippen LogP contribution in [-0.2, 0) is 12.5 Å². The van der Waals surface area contributed by atoms with Crippen molar-refractivity contribution in [2.45, 2.75) is 44.6 Å². The van der Waals surface area contributed by atoms with E-state index in [0.717, 1.165) is 29.7 Å². The zero-order valence-corrected chi connectivity index (χ0v) is 11.0. The van der Waals surface area contributed by atoms with Gasteiger partial charge in [0.2, 0.25) is 0 Å². The molecule has 1 N–H and O–H groups in total. The van der Waals surface area contributed by atoms with Crippen LogP contribution in [-0.4, -0.2) is 22.4 Å². The van der Waals surface area contributed by atoms with E-state index in [1.54, 1.807) is 6.20 Å². The zero-order chi connectivity index (χ0) is 11.8. The monoisotopic (exact) mass is 241 g/mol. The van der Waals surface area contributed by atoms with Gasteiger partial charge < -0.3 is 5.32 Å². The molecule has 0 spiro atoms. The van der Waals surface area contributed by atoms with Crippen molar-refractivity contribution < 1.29 is 0 Å². The molecule has 0 atom stereocenters. The zero-order valence-electron chi connectivity index (χ0n) is 10.3. The number of aromatic nitrogens is 2. The smallest absolute Gasteiger partial charge is 0.0823 e. The van der Waals surface area contributed by atoms with Crippen LogP contribution in [0.15, 0.2) is 6.20 Å². The number of rotatable bonds is 5. The molecule has 16 heavy (non-hydrogen) atoms. The quantitative estimate of drug-likeness (QED) is 0.859. The maximum atomic E-state index is 6.18. The van der Waals surface area contributed by atoms with E-state index in [4.69, 9.17) is 11.6 Å². The lowest BCUT2D eigenvalue weighted by Gasteiger charge is -2.25. The van der Waals surface area contributed by atoms with Gasteiger partial charge in [-0.25, -0.2) is 0 Å². The summed E-state index contributed by atoms with van der Waals surface area (Å²) in [5.41, 5.74) is 1.20. The third-order valence-electron chi connectivity index (χ3n) is 3.30. The van der Waals surface area contributed by atoms with E-state index >= 15 is 0 Å². The van der Waals surface area contributed by atoms with Crippen LogP contribution in [0.2, 0.25) is 5.02 Å². The molecule has 0 unspecified atom stereocenters. The van der Waals surface area contributed by atoms with Crippen molar-refractivity contribution in [2.24, 2.45) is 7.05 Å². The molecule has 1 saturated carbocycles. The van der Waals surface area contributed by atoms with Gasteiger partial charge in [-0.3, -0.25) is 4.68 Å². The van der Waals surface area contributed by atoms with Crippen molar-refractivity contribution in [1.29, 1.82) is 0 Å². The molecule has 0 saturated heterocycles. The Morgan fingerprint density at radius 3 is 2.75 bits per heavy atom. The number of halogens is 1. The number of nitrogens with one attached hydrogen (secondary N) is 1. The molecule has 1 heterocycles. The third-order valence-corrected chi connectivity index (χ3v) is 3.57. The van der Waals surface area contributed by atoms with Crippen molar-refractivity contribution in [1.82, 2.24) is 15.1 Å². The highest BCUT2D eigenvalue weighted by Gasteiger charge is 2.28. The second-order valence-corrected chi connectivity index (χ2v) is 5.73. The van der Waals surface area contributed by atoms with Crippen LogP contribution in [0.5, 0.6) is 0 Å². The number of hydrogen-bond acceptors (Lipinski definition) is 2. The minimum absolute atomic E-state index is 0.0736. The van der Waals surface area contributed by atoms with Crippen molar-refractivity contribution in [3.05, 3.63) is 16.9 Å². The van der Waals surface area contributed by atoms with Gasteiger partial charge in [-0.2, -0.15) is 5.10 Å². The van der Waals surface area contributed by atoms with Crippen LogP contribution >= 0.6 is 11.6 Å². The fourth-order valence-corrected chi connectivity index (χ4v) is 2.59. The van der Waals surface area contributed by atoms with Gasteiger partial charge in [0.05, 0.1) is 16.9 Å². The molecule has 0 amide bonds. The first kappa shape index (κ1) is 11.9. The summed E-state index contributed by atoms with van der Waals surface area (Å²) in [6, 6.07) is 0.776. The normalized spacial score (nSPS) is 16.8. The molecule has 0 radical (unpaired) electrons. The predicted molar refractivity (Wildman–Crippen MR) is 66.9 cm³/mol. The van der Waals surface area contributed by atoms with Gasteiger partial charge in [-0.05, 0) is 25.8 Å². The highest BCUT2D eigenvalue weighted by Crippen LogP contribution is 2.32. The highest BCUT2D eigenvalue weighted by atomic mass is 35.5.